The topological polar surface area (TPSA) is 32.3 Å². The normalized spacial score (nSPS) is 37.2. The van der Waals surface area contributed by atoms with Crippen LogP contribution in [0.1, 0.15) is 19.3 Å². The highest BCUT2D eigenvalue weighted by Gasteiger charge is 2.56. The standard InChI is InChI=1S/C7H12F3NO/c1-11-5-2-3-6(12,4-5)7(8,9)10/h5,11-12H,2-4H2,1H3. The first-order valence-corrected chi connectivity index (χ1v) is 3.85. The first-order chi connectivity index (χ1) is 5.39. The SMILES string of the molecule is CNC1CCC(O)(C(F)(F)F)C1. The summed E-state index contributed by atoms with van der Waals surface area (Å²) in [6, 6.07) is -0.211. The van der Waals surface area contributed by atoms with Gasteiger partial charge in [0.05, 0.1) is 0 Å². The Labute approximate surface area is 68.8 Å². The lowest BCUT2D eigenvalue weighted by Crippen LogP contribution is -2.43. The van der Waals surface area contributed by atoms with E-state index in [9.17, 15) is 13.2 Å². The van der Waals surface area contributed by atoms with Crippen molar-refractivity contribution in [2.75, 3.05) is 7.05 Å². The maximum absolute atomic E-state index is 12.2. The third-order valence-corrected chi connectivity index (χ3v) is 2.43. The number of hydrogen-bond donors (Lipinski definition) is 2. The molecule has 2 N–H and O–H groups in total. The smallest absolute Gasteiger partial charge is 0.380 e. The third kappa shape index (κ3) is 1.56. The van der Waals surface area contributed by atoms with Crippen molar-refractivity contribution in [3.63, 3.8) is 0 Å². The molecular weight excluding hydrogens is 171 g/mol. The van der Waals surface area contributed by atoms with Crippen LogP contribution in [0.15, 0.2) is 0 Å². The van der Waals surface area contributed by atoms with Crippen LogP contribution in [0.5, 0.6) is 0 Å². The van der Waals surface area contributed by atoms with Gasteiger partial charge >= 0.3 is 6.18 Å². The van der Waals surface area contributed by atoms with Crippen molar-refractivity contribution in [2.45, 2.75) is 37.1 Å². The van der Waals surface area contributed by atoms with Crippen molar-refractivity contribution in [1.29, 1.82) is 0 Å². The summed E-state index contributed by atoms with van der Waals surface area (Å²) in [6.45, 7) is 0. The second-order valence-electron chi connectivity index (χ2n) is 3.26. The van der Waals surface area contributed by atoms with E-state index in [4.69, 9.17) is 5.11 Å². The summed E-state index contributed by atoms with van der Waals surface area (Å²) in [7, 11) is 1.60. The molecule has 2 nitrogen and oxygen atoms in total. The molecule has 0 radical (unpaired) electrons. The Kier molecular flexibility index (Phi) is 2.35. The average Bonchev–Trinajstić information content (AvgIpc) is 2.31. The van der Waals surface area contributed by atoms with Gasteiger partial charge in [-0.25, -0.2) is 0 Å². The molecule has 0 spiro atoms. The summed E-state index contributed by atoms with van der Waals surface area (Å²) in [5, 5.41) is 11.9. The van der Waals surface area contributed by atoms with Crippen LogP contribution in [0.2, 0.25) is 0 Å². The van der Waals surface area contributed by atoms with Gasteiger partial charge in [0.25, 0.3) is 0 Å². The largest absolute Gasteiger partial charge is 0.417 e. The van der Waals surface area contributed by atoms with Gasteiger partial charge in [-0.05, 0) is 19.9 Å². The molecule has 0 aromatic carbocycles. The van der Waals surface area contributed by atoms with Gasteiger partial charge < -0.3 is 10.4 Å². The summed E-state index contributed by atoms with van der Waals surface area (Å²) < 4.78 is 36.5. The summed E-state index contributed by atoms with van der Waals surface area (Å²) in [4.78, 5) is 0. The molecule has 2 unspecified atom stereocenters. The maximum Gasteiger partial charge on any atom is 0.417 e. The van der Waals surface area contributed by atoms with Crippen molar-refractivity contribution in [3.05, 3.63) is 0 Å². The summed E-state index contributed by atoms with van der Waals surface area (Å²) >= 11 is 0. The van der Waals surface area contributed by atoms with Crippen molar-refractivity contribution in [2.24, 2.45) is 0 Å². The maximum atomic E-state index is 12.2. The average molecular weight is 183 g/mol. The van der Waals surface area contributed by atoms with Crippen LogP contribution >= 0.6 is 0 Å². The minimum Gasteiger partial charge on any atom is -0.380 e. The molecule has 0 aromatic heterocycles. The second kappa shape index (κ2) is 2.88. The molecule has 0 bridgehead atoms. The van der Waals surface area contributed by atoms with Crippen LogP contribution in [-0.2, 0) is 0 Å². The molecule has 1 aliphatic rings. The molecule has 1 saturated carbocycles. The molecule has 0 saturated heterocycles. The third-order valence-electron chi connectivity index (χ3n) is 2.43. The van der Waals surface area contributed by atoms with Crippen molar-refractivity contribution < 1.29 is 18.3 Å². The number of alkyl halides is 3. The van der Waals surface area contributed by atoms with Gasteiger partial charge in [-0.15, -0.1) is 0 Å². The molecule has 12 heavy (non-hydrogen) atoms. The Bertz CT molecular complexity index is 171. The molecule has 1 rings (SSSR count). The molecule has 1 aliphatic carbocycles. The quantitative estimate of drug-likeness (QED) is 0.637. The molecule has 0 amide bonds. The molecular formula is C7H12F3NO. The van der Waals surface area contributed by atoms with E-state index in [2.05, 4.69) is 5.32 Å². The Morgan fingerprint density at radius 3 is 2.33 bits per heavy atom. The van der Waals surface area contributed by atoms with Crippen LogP contribution in [0.25, 0.3) is 0 Å². The fourth-order valence-electron chi connectivity index (χ4n) is 1.53. The second-order valence-corrected chi connectivity index (χ2v) is 3.26. The Hall–Kier alpha value is -0.290. The molecule has 72 valence electrons. The van der Waals surface area contributed by atoms with Crippen LogP contribution in [0, 0.1) is 0 Å². The number of aliphatic hydroxyl groups is 1. The highest BCUT2D eigenvalue weighted by molar-refractivity contribution is 4.97. The van der Waals surface area contributed by atoms with Crippen molar-refractivity contribution in [1.82, 2.24) is 5.32 Å². The summed E-state index contributed by atoms with van der Waals surface area (Å²) in [5.41, 5.74) is -2.46. The number of nitrogens with one attached hydrogen (secondary N) is 1. The van der Waals surface area contributed by atoms with Gasteiger partial charge in [0.2, 0.25) is 0 Å². The van der Waals surface area contributed by atoms with Crippen molar-refractivity contribution in [3.8, 4) is 0 Å². The highest BCUT2D eigenvalue weighted by atomic mass is 19.4. The Morgan fingerprint density at radius 2 is 2.08 bits per heavy atom. The molecule has 0 aliphatic heterocycles. The van der Waals surface area contributed by atoms with Gasteiger partial charge in [0, 0.05) is 12.5 Å². The zero-order valence-corrected chi connectivity index (χ0v) is 6.78. The lowest BCUT2D eigenvalue weighted by Gasteiger charge is -2.25. The predicted octanol–water partition coefficient (Wildman–Crippen LogP) is 1.05. The molecule has 5 heteroatoms. The van der Waals surface area contributed by atoms with Crippen LogP contribution in [-0.4, -0.2) is 30.0 Å². The van der Waals surface area contributed by atoms with E-state index in [-0.39, 0.29) is 18.9 Å². The molecule has 0 aromatic rings. The Morgan fingerprint density at radius 1 is 1.50 bits per heavy atom. The van der Waals surface area contributed by atoms with Gasteiger partial charge in [-0.1, -0.05) is 0 Å². The van der Waals surface area contributed by atoms with E-state index in [0.717, 1.165) is 0 Å². The number of hydrogen-bond acceptors (Lipinski definition) is 2. The van der Waals surface area contributed by atoms with Gasteiger partial charge in [-0.3, -0.25) is 0 Å². The van der Waals surface area contributed by atoms with E-state index in [0.29, 0.717) is 6.42 Å². The lowest BCUT2D eigenvalue weighted by molar-refractivity contribution is -0.257. The van der Waals surface area contributed by atoms with Gasteiger partial charge in [-0.2, -0.15) is 13.2 Å². The van der Waals surface area contributed by atoms with Crippen molar-refractivity contribution >= 4 is 0 Å². The van der Waals surface area contributed by atoms with E-state index in [1.807, 2.05) is 0 Å². The molecule has 0 heterocycles. The fourth-order valence-corrected chi connectivity index (χ4v) is 1.53. The Balaban J connectivity index is 2.64. The van der Waals surface area contributed by atoms with E-state index >= 15 is 0 Å². The lowest BCUT2D eigenvalue weighted by atomic mass is 10.0. The number of rotatable bonds is 1. The van der Waals surface area contributed by atoms with Crippen LogP contribution in [0.3, 0.4) is 0 Å². The zero-order valence-electron chi connectivity index (χ0n) is 6.78. The van der Waals surface area contributed by atoms with E-state index < -0.39 is 11.8 Å². The van der Waals surface area contributed by atoms with Gasteiger partial charge in [0.15, 0.2) is 5.60 Å². The predicted molar refractivity (Wildman–Crippen MR) is 37.7 cm³/mol. The summed E-state index contributed by atoms with van der Waals surface area (Å²) in [6.07, 6.45) is -4.53. The first kappa shape index (κ1) is 9.80. The molecule has 2 atom stereocenters. The molecule has 1 fully saturated rings. The van der Waals surface area contributed by atoms with Gasteiger partial charge in [0.1, 0.15) is 0 Å². The minimum absolute atomic E-state index is 0.192. The van der Waals surface area contributed by atoms with E-state index in [1.165, 1.54) is 0 Å². The monoisotopic (exact) mass is 183 g/mol. The van der Waals surface area contributed by atoms with Crippen LogP contribution < -0.4 is 5.32 Å². The minimum atomic E-state index is -4.49. The first-order valence-electron chi connectivity index (χ1n) is 3.85. The van der Waals surface area contributed by atoms with E-state index in [1.54, 1.807) is 7.05 Å². The summed E-state index contributed by atoms with van der Waals surface area (Å²) in [5.74, 6) is 0. The number of halogens is 3. The fraction of sp³-hybridized carbons (Fsp3) is 1.00. The van der Waals surface area contributed by atoms with Crippen LogP contribution in [0.4, 0.5) is 13.2 Å². The zero-order chi connectivity index (χ0) is 9.41. The highest BCUT2D eigenvalue weighted by Crippen LogP contribution is 2.42.